The van der Waals surface area contributed by atoms with Gasteiger partial charge in [0.15, 0.2) is 10.8 Å². The average Bonchev–Trinajstić information content (AvgIpc) is 3.35. The van der Waals surface area contributed by atoms with Crippen molar-refractivity contribution in [2.24, 2.45) is 0 Å². The van der Waals surface area contributed by atoms with Gasteiger partial charge in [-0.25, -0.2) is 14.8 Å². The van der Waals surface area contributed by atoms with E-state index < -0.39 is 5.97 Å². The summed E-state index contributed by atoms with van der Waals surface area (Å²) >= 11 is 1.45. The fraction of sp³-hybridized carbons (Fsp3) is 0.310. The Bertz CT molecular complexity index is 1460. The molecule has 2 aromatic carbocycles. The first-order valence-electron chi connectivity index (χ1n) is 12.8. The molecule has 0 unspecified atom stereocenters. The molecule has 8 heteroatoms. The number of hydrogen-bond acceptors (Lipinski definition) is 6. The van der Waals surface area contributed by atoms with Crippen LogP contribution in [0.5, 0.6) is 0 Å². The van der Waals surface area contributed by atoms with E-state index in [-0.39, 0.29) is 17.5 Å². The number of benzene rings is 2. The first-order chi connectivity index (χ1) is 18.1. The Morgan fingerprint density at radius 2 is 1.81 bits per heavy atom. The third-order valence-electron chi connectivity index (χ3n) is 7.52. The third-order valence-corrected chi connectivity index (χ3v) is 8.47. The molecule has 4 aromatic rings. The number of hydrogen-bond donors (Lipinski definition) is 2. The van der Waals surface area contributed by atoms with Crippen molar-refractivity contribution < 1.29 is 14.7 Å². The van der Waals surface area contributed by atoms with Gasteiger partial charge >= 0.3 is 5.97 Å². The van der Waals surface area contributed by atoms with Crippen molar-refractivity contribution >= 4 is 44.4 Å². The number of carbonyl (C=O) groups excluding carboxylic acids is 1. The van der Waals surface area contributed by atoms with Gasteiger partial charge in [0.2, 0.25) is 0 Å². The van der Waals surface area contributed by atoms with E-state index in [0.717, 1.165) is 59.0 Å². The van der Waals surface area contributed by atoms with Crippen LogP contribution < -0.4 is 10.2 Å². The minimum atomic E-state index is -0.976. The molecule has 3 heterocycles. The van der Waals surface area contributed by atoms with Crippen LogP contribution >= 0.6 is 11.3 Å². The predicted octanol–water partition coefficient (Wildman–Crippen LogP) is 6.25. The number of fused-ring (bicyclic) bond motifs is 2. The lowest BCUT2D eigenvalue weighted by Crippen LogP contribution is -2.33. The van der Waals surface area contributed by atoms with Gasteiger partial charge in [-0.05, 0) is 66.1 Å². The first-order valence-corrected chi connectivity index (χ1v) is 13.7. The lowest BCUT2D eigenvalue weighted by Gasteiger charge is -2.32. The maximum absolute atomic E-state index is 13.3. The highest BCUT2D eigenvalue weighted by Gasteiger charge is 2.27. The summed E-state index contributed by atoms with van der Waals surface area (Å²) in [6.45, 7) is 1.21. The first kappa shape index (κ1) is 23.6. The van der Waals surface area contributed by atoms with Gasteiger partial charge in [-0.1, -0.05) is 60.9 Å². The summed E-state index contributed by atoms with van der Waals surface area (Å²) in [6.07, 6.45) is 6.28. The molecular weight excluding hydrogens is 484 g/mol. The van der Waals surface area contributed by atoms with Gasteiger partial charge in [0.25, 0.3) is 5.91 Å². The second-order valence-electron chi connectivity index (χ2n) is 9.80. The van der Waals surface area contributed by atoms with Crippen LogP contribution in [0.25, 0.3) is 10.2 Å². The number of para-hydroxylation sites is 1. The van der Waals surface area contributed by atoms with Crippen LogP contribution in [0.4, 0.5) is 10.9 Å². The van der Waals surface area contributed by atoms with Gasteiger partial charge in [-0.3, -0.25) is 10.1 Å². The predicted molar refractivity (Wildman–Crippen MR) is 146 cm³/mol. The highest BCUT2D eigenvalue weighted by molar-refractivity contribution is 7.22. The zero-order valence-corrected chi connectivity index (χ0v) is 21.3. The molecule has 2 N–H and O–H groups in total. The van der Waals surface area contributed by atoms with E-state index in [1.807, 2.05) is 48.5 Å². The average molecular weight is 513 g/mol. The van der Waals surface area contributed by atoms with Crippen molar-refractivity contribution in [3.8, 4) is 0 Å². The zero-order chi connectivity index (χ0) is 25.4. The van der Waals surface area contributed by atoms with E-state index in [0.29, 0.717) is 29.6 Å². The zero-order valence-electron chi connectivity index (χ0n) is 20.4. The fourth-order valence-electron chi connectivity index (χ4n) is 5.63. The van der Waals surface area contributed by atoms with Gasteiger partial charge < -0.3 is 10.0 Å². The minimum absolute atomic E-state index is 0.164. The molecule has 1 saturated carbocycles. The molecule has 0 bridgehead atoms. The highest BCUT2D eigenvalue weighted by Crippen LogP contribution is 2.36. The summed E-state index contributed by atoms with van der Waals surface area (Å²) in [4.78, 5) is 36.7. The summed E-state index contributed by atoms with van der Waals surface area (Å²) in [5.74, 6) is -0.259. The van der Waals surface area contributed by atoms with Crippen molar-refractivity contribution in [3.63, 3.8) is 0 Å². The number of aromatic nitrogens is 2. The van der Waals surface area contributed by atoms with Gasteiger partial charge in [0.05, 0.1) is 10.2 Å². The fourth-order valence-corrected chi connectivity index (χ4v) is 6.49. The molecule has 1 fully saturated rings. The molecule has 0 radical (unpaired) electrons. The van der Waals surface area contributed by atoms with Crippen LogP contribution in [0, 0.1) is 0 Å². The number of carboxylic acid groups (broad SMARTS) is 1. The Morgan fingerprint density at radius 1 is 0.973 bits per heavy atom. The Labute approximate surface area is 219 Å². The Morgan fingerprint density at radius 3 is 2.62 bits per heavy atom. The maximum atomic E-state index is 13.3. The number of anilines is 2. The van der Waals surface area contributed by atoms with Crippen LogP contribution in [0.15, 0.2) is 54.6 Å². The second kappa shape index (κ2) is 9.94. The lowest BCUT2D eigenvalue weighted by molar-refractivity contribution is 0.0688. The van der Waals surface area contributed by atoms with E-state index in [4.69, 9.17) is 0 Å². The molecule has 188 valence electrons. The quantitative estimate of drug-likeness (QED) is 0.328. The van der Waals surface area contributed by atoms with Crippen LogP contribution in [0.1, 0.15) is 75.6 Å². The van der Waals surface area contributed by atoms with E-state index in [2.05, 4.69) is 26.3 Å². The molecule has 1 aliphatic carbocycles. The van der Waals surface area contributed by atoms with Crippen LogP contribution in [0.3, 0.4) is 0 Å². The van der Waals surface area contributed by atoms with E-state index in [1.165, 1.54) is 17.8 Å². The summed E-state index contributed by atoms with van der Waals surface area (Å²) in [6, 6.07) is 17.5. The van der Waals surface area contributed by atoms with Gasteiger partial charge in [-0.15, -0.1) is 0 Å². The summed E-state index contributed by atoms with van der Waals surface area (Å²) in [5, 5.41) is 13.5. The number of rotatable bonds is 5. The van der Waals surface area contributed by atoms with Gasteiger partial charge in [0.1, 0.15) is 5.82 Å². The SMILES string of the molecule is O=C(Nc1nc2ccccc2s1)c1cccc2c1CN(c1ccc(C3CCCCC3)c(C(=O)O)n1)CC2. The van der Waals surface area contributed by atoms with E-state index >= 15 is 0 Å². The number of nitrogens with one attached hydrogen (secondary N) is 1. The molecular formula is C29H28N4O3S. The summed E-state index contributed by atoms with van der Waals surface area (Å²) < 4.78 is 1.02. The van der Waals surface area contributed by atoms with E-state index in [1.54, 1.807) is 0 Å². The molecule has 1 aliphatic heterocycles. The number of amides is 1. The topological polar surface area (TPSA) is 95.4 Å². The molecule has 6 rings (SSSR count). The van der Waals surface area contributed by atoms with E-state index in [9.17, 15) is 14.7 Å². The number of nitrogens with zero attached hydrogens (tertiary/aromatic N) is 3. The van der Waals surface area contributed by atoms with Crippen LogP contribution in [-0.4, -0.2) is 33.5 Å². The number of carboxylic acids is 1. The normalized spacial score (nSPS) is 15.9. The Balaban J connectivity index is 1.26. The lowest BCUT2D eigenvalue weighted by atomic mass is 9.83. The smallest absolute Gasteiger partial charge is 0.354 e. The molecule has 1 amide bonds. The minimum Gasteiger partial charge on any atom is -0.477 e. The molecule has 2 aliphatic rings. The summed E-state index contributed by atoms with van der Waals surface area (Å²) in [5.41, 5.74) is 4.56. The number of thiazole rings is 1. The Kier molecular flexibility index (Phi) is 6.34. The monoisotopic (exact) mass is 512 g/mol. The standard InChI is InChI=1S/C29H28N4O3S/c34-27(32-29-30-23-11-4-5-12-24(23)37-29)21-10-6-9-19-15-16-33(17-22(19)21)25-14-13-20(26(31-25)28(35)36)18-7-2-1-3-8-18/h4-6,9-14,18H,1-3,7-8,15-17H2,(H,35,36)(H,30,32,34). The molecule has 37 heavy (non-hydrogen) atoms. The number of carbonyl (C=O) groups is 2. The van der Waals surface area contributed by atoms with Crippen molar-refractivity contribution in [2.45, 2.75) is 51.0 Å². The van der Waals surface area contributed by atoms with Crippen LogP contribution in [0.2, 0.25) is 0 Å². The molecule has 7 nitrogen and oxygen atoms in total. The number of pyridine rings is 1. The summed E-state index contributed by atoms with van der Waals surface area (Å²) in [7, 11) is 0. The molecule has 0 atom stereocenters. The number of aromatic carboxylic acids is 1. The largest absolute Gasteiger partial charge is 0.477 e. The van der Waals surface area contributed by atoms with Crippen molar-refractivity contribution in [3.05, 3.63) is 82.5 Å². The van der Waals surface area contributed by atoms with Crippen molar-refractivity contribution in [2.75, 3.05) is 16.8 Å². The molecule has 0 spiro atoms. The van der Waals surface area contributed by atoms with Crippen LogP contribution in [-0.2, 0) is 13.0 Å². The van der Waals surface area contributed by atoms with Gasteiger partial charge in [-0.2, -0.15) is 0 Å². The highest BCUT2D eigenvalue weighted by atomic mass is 32.1. The van der Waals surface area contributed by atoms with Crippen molar-refractivity contribution in [1.29, 1.82) is 0 Å². The maximum Gasteiger partial charge on any atom is 0.354 e. The molecule has 0 saturated heterocycles. The molecule has 2 aromatic heterocycles. The van der Waals surface area contributed by atoms with Crippen molar-refractivity contribution in [1.82, 2.24) is 9.97 Å². The second-order valence-corrected chi connectivity index (χ2v) is 10.8. The Hall–Kier alpha value is -3.78. The van der Waals surface area contributed by atoms with Gasteiger partial charge in [0, 0.05) is 18.7 Å². The third kappa shape index (κ3) is 4.69.